The smallest absolute Gasteiger partial charge is 0.338 e. The highest BCUT2D eigenvalue weighted by Gasteiger charge is 2.12. The van der Waals surface area contributed by atoms with Crippen molar-refractivity contribution in [2.45, 2.75) is 0 Å². The lowest BCUT2D eigenvalue weighted by Crippen LogP contribution is -2.14. The predicted molar refractivity (Wildman–Crippen MR) is 106 cm³/mol. The molecular formula is C21H14ClNO6. The van der Waals surface area contributed by atoms with Gasteiger partial charge in [0.15, 0.2) is 12.4 Å². The molecule has 146 valence electrons. The minimum atomic E-state index is -0.644. The van der Waals surface area contributed by atoms with Crippen molar-refractivity contribution in [1.82, 2.24) is 0 Å². The zero-order valence-corrected chi connectivity index (χ0v) is 15.7. The Kier molecular flexibility index (Phi) is 6.21. The minimum Gasteiger partial charge on any atom is -0.457 e. The summed E-state index contributed by atoms with van der Waals surface area (Å²) in [5.41, 5.74) is 0.614. The molecule has 0 heterocycles. The number of rotatable bonds is 7. The quantitative estimate of drug-likeness (QED) is 0.233. The van der Waals surface area contributed by atoms with E-state index in [1.165, 1.54) is 36.4 Å². The number of non-ortho nitro benzene ring substituents is 1. The van der Waals surface area contributed by atoms with Gasteiger partial charge in [0.05, 0.1) is 10.5 Å². The number of hydrogen-bond acceptors (Lipinski definition) is 6. The van der Waals surface area contributed by atoms with Crippen LogP contribution in [-0.2, 0) is 4.74 Å². The van der Waals surface area contributed by atoms with E-state index in [1.807, 2.05) is 0 Å². The number of carbonyl (C=O) groups excluding carboxylic acids is 2. The molecular weight excluding hydrogens is 398 g/mol. The molecule has 0 bridgehead atoms. The topological polar surface area (TPSA) is 95.7 Å². The number of halogens is 1. The number of nitro groups is 1. The van der Waals surface area contributed by atoms with Gasteiger partial charge in [-0.15, -0.1) is 0 Å². The first-order valence-electron chi connectivity index (χ1n) is 8.40. The molecule has 3 aromatic rings. The summed E-state index contributed by atoms with van der Waals surface area (Å²) in [6, 6.07) is 18.0. The largest absolute Gasteiger partial charge is 0.457 e. The first-order chi connectivity index (χ1) is 13.9. The predicted octanol–water partition coefficient (Wildman–Crippen LogP) is 5.08. The van der Waals surface area contributed by atoms with Gasteiger partial charge in [-0.3, -0.25) is 14.9 Å². The van der Waals surface area contributed by atoms with E-state index in [0.29, 0.717) is 22.1 Å². The van der Waals surface area contributed by atoms with Gasteiger partial charge in [-0.25, -0.2) is 4.79 Å². The highest BCUT2D eigenvalue weighted by molar-refractivity contribution is 6.30. The van der Waals surface area contributed by atoms with Crippen LogP contribution in [0.4, 0.5) is 5.69 Å². The Morgan fingerprint density at radius 1 is 0.828 bits per heavy atom. The van der Waals surface area contributed by atoms with Gasteiger partial charge in [0.25, 0.3) is 5.69 Å². The van der Waals surface area contributed by atoms with Crippen LogP contribution in [0, 0.1) is 10.1 Å². The Hall–Kier alpha value is -3.71. The molecule has 0 N–H and O–H groups in total. The lowest BCUT2D eigenvalue weighted by atomic mass is 10.1. The molecule has 0 saturated carbocycles. The fraction of sp³-hybridized carbons (Fsp3) is 0.0476. The second-order valence-corrected chi connectivity index (χ2v) is 6.32. The van der Waals surface area contributed by atoms with Crippen LogP contribution < -0.4 is 4.74 Å². The van der Waals surface area contributed by atoms with E-state index in [-0.39, 0.29) is 23.6 Å². The van der Waals surface area contributed by atoms with Crippen molar-refractivity contribution in [3.05, 3.63) is 99.1 Å². The van der Waals surface area contributed by atoms with Crippen molar-refractivity contribution in [2.75, 3.05) is 6.61 Å². The van der Waals surface area contributed by atoms with Gasteiger partial charge in [-0.2, -0.15) is 0 Å². The van der Waals surface area contributed by atoms with Gasteiger partial charge >= 0.3 is 5.97 Å². The van der Waals surface area contributed by atoms with E-state index in [9.17, 15) is 19.7 Å². The van der Waals surface area contributed by atoms with Crippen LogP contribution in [0.1, 0.15) is 20.7 Å². The fourth-order valence-corrected chi connectivity index (χ4v) is 2.49. The molecule has 0 radical (unpaired) electrons. The summed E-state index contributed by atoms with van der Waals surface area (Å²) < 4.78 is 10.6. The van der Waals surface area contributed by atoms with Gasteiger partial charge in [0.2, 0.25) is 0 Å². The highest BCUT2D eigenvalue weighted by Crippen LogP contribution is 2.24. The molecule has 29 heavy (non-hydrogen) atoms. The molecule has 8 heteroatoms. The Morgan fingerprint density at radius 2 is 1.34 bits per heavy atom. The lowest BCUT2D eigenvalue weighted by molar-refractivity contribution is -0.384. The molecule has 0 amide bonds. The van der Waals surface area contributed by atoms with Gasteiger partial charge in [0, 0.05) is 22.7 Å². The lowest BCUT2D eigenvalue weighted by Gasteiger charge is -2.07. The Morgan fingerprint density at radius 3 is 1.90 bits per heavy atom. The number of nitro benzene ring substituents is 1. The number of hydrogen-bond donors (Lipinski definition) is 0. The summed E-state index contributed by atoms with van der Waals surface area (Å²) in [6.07, 6.45) is 0. The molecule has 0 spiro atoms. The number of ketones is 1. The Bertz CT molecular complexity index is 1030. The van der Waals surface area contributed by atoms with Crippen LogP contribution in [0.5, 0.6) is 11.5 Å². The number of Topliss-reactive ketones (excluding diaryl/α,β-unsaturated/α-hetero) is 1. The first-order valence-corrected chi connectivity index (χ1v) is 8.78. The molecule has 0 aliphatic rings. The number of ether oxygens (including phenoxy) is 2. The Balaban J connectivity index is 1.56. The SMILES string of the molecule is O=C(COC(=O)c1ccc(Oc2ccc([N+](=O)[O-])cc2)cc1)c1ccc(Cl)cc1. The maximum atomic E-state index is 12.1. The molecule has 0 aromatic heterocycles. The van der Waals surface area contributed by atoms with Crippen molar-refractivity contribution in [3.63, 3.8) is 0 Å². The zero-order chi connectivity index (χ0) is 20.8. The third-order valence-electron chi connectivity index (χ3n) is 3.87. The summed E-state index contributed by atoms with van der Waals surface area (Å²) >= 11 is 5.77. The van der Waals surface area contributed by atoms with Crippen LogP contribution in [0.25, 0.3) is 0 Å². The standard InChI is InChI=1S/C21H14ClNO6/c22-16-5-1-14(2-6-16)20(24)13-28-21(25)15-3-9-18(10-4-15)29-19-11-7-17(8-12-19)23(26)27/h1-12H,13H2. The van der Waals surface area contributed by atoms with Gasteiger partial charge in [0.1, 0.15) is 11.5 Å². The summed E-state index contributed by atoms with van der Waals surface area (Å²) in [4.78, 5) is 34.3. The van der Waals surface area contributed by atoms with E-state index in [4.69, 9.17) is 21.1 Å². The number of esters is 1. The third-order valence-corrected chi connectivity index (χ3v) is 4.13. The second kappa shape index (κ2) is 8.99. The normalized spacial score (nSPS) is 10.2. The summed E-state index contributed by atoms with van der Waals surface area (Å²) in [5.74, 6) is -0.130. The van der Waals surface area contributed by atoms with Crippen LogP contribution in [0.3, 0.4) is 0 Å². The van der Waals surface area contributed by atoms with Gasteiger partial charge in [-0.05, 0) is 60.7 Å². The van der Waals surface area contributed by atoms with E-state index in [2.05, 4.69) is 0 Å². The fourth-order valence-electron chi connectivity index (χ4n) is 2.36. The van der Waals surface area contributed by atoms with E-state index in [0.717, 1.165) is 0 Å². The zero-order valence-electron chi connectivity index (χ0n) is 14.9. The summed E-state index contributed by atoms with van der Waals surface area (Å²) in [7, 11) is 0. The molecule has 3 aromatic carbocycles. The van der Waals surface area contributed by atoms with E-state index in [1.54, 1.807) is 36.4 Å². The van der Waals surface area contributed by atoms with E-state index < -0.39 is 10.9 Å². The molecule has 0 atom stereocenters. The first kappa shape index (κ1) is 20.0. The molecule has 0 fully saturated rings. The van der Waals surface area contributed by atoms with Crippen LogP contribution in [0.2, 0.25) is 5.02 Å². The van der Waals surface area contributed by atoms with Crippen LogP contribution in [0.15, 0.2) is 72.8 Å². The van der Waals surface area contributed by atoms with Crippen molar-refractivity contribution in [3.8, 4) is 11.5 Å². The number of nitrogens with zero attached hydrogens (tertiary/aromatic N) is 1. The average molecular weight is 412 g/mol. The van der Waals surface area contributed by atoms with Crippen molar-refractivity contribution < 1.29 is 24.0 Å². The van der Waals surface area contributed by atoms with Crippen LogP contribution in [-0.4, -0.2) is 23.3 Å². The molecule has 0 aliphatic heterocycles. The third kappa shape index (κ3) is 5.40. The summed E-state index contributed by atoms with van der Waals surface area (Å²) in [5, 5.41) is 11.2. The van der Waals surface area contributed by atoms with Crippen molar-refractivity contribution in [2.24, 2.45) is 0 Å². The highest BCUT2D eigenvalue weighted by atomic mass is 35.5. The van der Waals surface area contributed by atoms with Gasteiger partial charge < -0.3 is 9.47 Å². The molecule has 7 nitrogen and oxygen atoms in total. The van der Waals surface area contributed by atoms with Crippen molar-refractivity contribution in [1.29, 1.82) is 0 Å². The van der Waals surface area contributed by atoms with E-state index >= 15 is 0 Å². The van der Waals surface area contributed by atoms with Crippen molar-refractivity contribution >= 4 is 29.0 Å². The minimum absolute atomic E-state index is 0.0383. The maximum Gasteiger partial charge on any atom is 0.338 e. The van der Waals surface area contributed by atoms with Gasteiger partial charge in [-0.1, -0.05) is 11.6 Å². The number of benzene rings is 3. The van der Waals surface area contributed by atoms with Crippen LogP contribution >= 0.6 is 11.6 Å². The number of carbonyl (C=O) groups is 2. The Labute approximate surface area is 170 Å². The molecule has 0 aliphatic carbocycles. The molecule has 3 rings (SSSR count). The second-order valence-electron chi connectivity index (χ2n) is 5.88. The average Bonchev–Trinajstić information content (AvgIpc) is 2.73. The maximum absolute atomic E-state index is 12.1. The molecule has 0 unspecified atom stereocenters. The summed E-state index contributed by atoms with van der Waals surface area (Å²) in [6.45, 7) is -0.387. The monoisotopic (exact) mass is 411 g/mol. The molecule has 0 saturated heterocycles.